The zero-order chi connectivity index (χ0) is 14.2. The molecule has 0 saturated heterocycles. The number of aromatic amines is 1. The van der Waals surface area contributed by atoms with Gasteiger partial charge in [-0.2, -0.15) is 0 Å². The number of halogens is 1. The summed E-state index contributed by atoms with van der Waals surface area (Å²) in [5, 5.41) is 3.46. The van der Waals surface area contributed by atoms with Gasteiger partial charge in [0.2, 0.25) is 5.95 Å². The number of benzene rings is 2. The summed E-state index contributed by atoms with van der Waals surface area (Å²) in [6.45, 7) is 0. The van der Waals surface area contributed by atoms with Crippen LogP contribution in [0.25, 0.3) is 11.0 Å². The quantitative estimate of drug-likeness (QED) is 0.739. The molecule has 0 fully saturated rings. The van der Waals surface area contributed by atoms with Gasteiger partial charge in [-0.05, 0) is 48.6 Å². The van der Waals surface area contributed by atoms with E-state index in [2.05, 4.69) is 39.6 Å². The molecule has 21 heavy (non-hydrogen) atoms. The van der Waals surface area contributed by atoms with E-state index in [-0.39, 0.29) is 11.9 Å². The molecule has 3 nitrogen and oxygen atoms in total. The van der Waals surface area contributed by atoms with Crippen LogP contribution in [0, 0.1) is 5.82 Å². The van der Waals surface area contributed by atoms with Gasteiger partial charge in [0.25, 0.3) is 0 Å². The number of aryl methyl sites for hydroxylation is 1. The molecular formula is C17H16FN3. The van der Waals surface area contributed by atoms with Gasteiger partial charge in [-0.1, -0.05) is 24.3 Å². The van der Waals surface area contributed by atoms with Crippen LogP contribution in [0.2, 0.25) is 0 Å². The number of hydrogen-bond acceptors (Lipinski definition) is 2. The van der Waals surface area contributed by atoms with Gasteiger partial charge in [-0.3, -0.25) is 0 Å². The van der Waals surface area contributed by atoms with Crippen molar-refractivity contribution in [3.8, 4) is 0 Å². The van der Waals surface area contributed by atoms with Crippen LogP contribution in [0.3, 0.4) is 0 Å². The van der Waals surface area contributed by atoms with Gasteiger partial charge < -0.3 is 10.3 Å². The summed E-state index contributed by atoms with van der Waals surface area (Å²) in [7, 11) is 0. The lowest BCUT2D eigenvalue weighted by atomic mass is 9.88. The van der Waals surface area contributed by atoms with Crippen molar-refractivity contribution in [1.82, 2.24) is 9.97 Å². The molecule has 1 atom stereocenters. The van der Waals surface area contributed by atoms with Crippen LogP contribution < -0.4 is 5.32 Å². The topological polar surface area (TPSA) is 40.7 Å². The van der Waals surface area contributed by atoms with Gasteiger partial charge in [0, 0.05) is 0 Å². The van der Waals surface area contributed by atoms with E-state index < -0.39 is 0 Å². The van der Waals surface area contributed by atoms with E-state index in [9.17, 15) is 4.39 Å². The Morgan fingerprint density at radius 1 is 1.19 bits per heavy atom. The van der Waals surface area contributed by atoms with Crippen molar-refractivity contribution in [1.29, 1.82) is 0 Å². The van der Waals surface area contributed by atoms with Crippen LogP contribution in [0.1, 0.15) is 30.0 Å². The van der Waals surface area contributed by atoms with Gasteiger partial charge in [0.05, 0.1) is 17.1 Å². The molecule has 2 aromatic carbocycles. The number of imidazole rings is 1. The average Bonchev–Trinajstić information content (AvgIpc) is 2.89. The minimum absolute atomic E-state index is 0.249. The van der Waals surface area contributed by atoms with Crippen molar-refractivity contribution < 1.29 is 4.39 Å². The molecular weight excluding hydrogens is 265 g/mol. The van der Waals surface area contributed by atoms with Gasteiger partial charge >= 0.3 is 0 Å². The van der Waals surface area contributed by atoms with Gasteiger partial charge in [-0.15, -0.1) is 0 Å². The highest BCUT2D eigenvalue weighted by Crippen LogP contribution is 2.32. The monoisotopic (exact) mass is 281 g/mol. The number of rotatable bonds is 2. The van der Waals surface area contributed by atoms with Crippen molar-refractivity contribution in [2.45, 2.75) is 25.3 Å². The number of aromatic nitrogens is 2. The Morgan fingerprint density at radius 3 is 3.05 bits per heavy atom. The maximum atomic E-state index is 13.2. The molecule has 0 radical (unpaired) electrons. The first-order valence-corrected chi connectivity index (χ1v) is 7.29. The highest BCUT2D eigenvalue weighted by molar-refractivity contribution is 5.77. The van der Waals surface area contributed by atoms with E-state index >= 15 is 0 Å². The Morgan fingerprint density at radius 2 is 2.10 bits per heavy atom. The molecule has 0 bridgehead atoms. The first-order chi connectivity index (χ1) is 10.3. The summed E-state index contributed by atoms with van der Waals surface area (Å²) in [4.78, 5) is 7.64. The van der Waals surface area contributed by atoms with Crippen LogP contribution in [0.5, 0.6) is 0 Å². The molecule has 0 amide bonds. The first-order valence-electron chi connectivity index (χ1n) is 7.29. The van der Waals surface area contributed by atoms with Crippen LogP contribution in [0.15, 0.2) is 42.5 Å². The number of anilines is 1. The second-order valence-electron chi connectivity index (χ2n) is 5.53. The Hall–Kier alpha value is -2.36. The first kappa shape index (κ1) is 12.4. The van der Waals surface area contributed by atoms with Crippen molar-refractivity contribution in [2.75, 3.05) is 5.32 Å². The normalized spacial score (nSPS) is 17.7. The molecule has 4 rings (SSSR count). The smallest absolute Gasteiger partial charge is 0.201 e. The summed E-state index contributed by atoms with van der Waals surface area (Å²) < 4.78 is 13.2. The maximum absolute atomic E-state index is 13.2. The number of hydrogen-bond donors (Lipinski definition) is 2. The molecule has 0 saturated carbocycles. The van der Waals surface area contributed by atoms with Crippen molar-refractivity contribution >= 4 is 17.0 Å². The lowest BCUT2D eigenvalue weighted by Gasteiger charge is -2.26. The SMILES string of the molecule is Fc1ccc2nc(NC3CCCc4ccccc43)[nH]c2c1. The molecule has 3 aromatic rings. The fraction of sp³-hybridized carbons (Fsp3) is 0.235. The van der Waals surface area contributed by atoms with Gasteiger partial charge in [0.15, 0.2) is 0 Å². The fourth-order valence-corrected chi connectivity index (χ4v) is 3.12. The minimum Gasteiger partial charge on any atom is -0.349 e. The lowest BCUT2D eigenvalue weighted by Crippen LogP contribution is -2.17. The fourth-order valence-electron chi connectivity index (χ4n) is 3.12. The molecule has 0 aliphatic heterocycles. The van der Waals surface area contributed by atoms with E-state index in [4.69, 9.17) is 0 Å². The molecule has 1 heterocycles. The molecule has 1 aliphatic carbocycles. The van der Waals surface area contributed by atoms with E-state index in [1.54, 1.807) is 6.07 Å². The zero-order valence-corrected chi connectivity index (χ0v) is 11.6. The highest BCUT2D eigenvalue weighted by Gasteiger charge is 2.20. The predicted octanol–water partition coefficient (Wildman–Crippen LogP) is 4.19. The Bertz CT molecular complexity index is 794. The Labute approximate surface area is 122 Å². The summed E-state index contributed by atoms with van der Waals surface area (Å²) in [5.74, 6) is 0.456. The minimum atomic E-state index is -0.249. The number of H-pyrrole nitrogens is 1. The van der Waals surface area contributed by atoms with Crippen LogP contribution in [-0.4, -0.2) is 9.97 Å². The molecule has 2 N–H and O–H groups in total. The third kappa shape index (κ3) is 2.27. The van der Waals surface area contributed by atoms with Crippen molar-refractivity contribution in [3.63, 3.8) is 0 Å². The Kier molecular flexibility index (Phi) is 2.88. The van der Waals surface area contributed by atoms with E-state index in [1.807, 2.05) is 0 Å². The zero-order valence-electron chi connectivity index (χ0n) is 11.6. The number of nitrogens with one attached hydrogen (secondary N) is 2. The standard InChI is InChI=1S/C17H16FN3/c18-12-8-9-15-16(10-12)21-17(20-15)19-14-7-3-5-11-4-1-2-6-13(11)14/h1-2,4,6,8-10,14H,3,5,7H2,(H2,19,20,21). The third-order valence-electron chi connectivity index (χ3n) is 4.12. The van der Waals surface area contributed by atoms with E-state index in [0.29, 0.717) is 5.95 Å². The lowest BCUT2D eigenvalue weighted by molar-refractivity contribution is 0.597. The Balaban J connectivity index is 1.66. The van der Waals surface area contributed by atoms with Gasteiger partial charge in [0.1, 0.15) is 5.82 Å². The summed E-state index contributed by atoms with van der Waals surface area (Å²) in [5.41, 5.74) is 4.25. The summed E-state index contributed by atoms with van der Waals surface area (Å²) in [6.07, 6.45) is 3.39. The second kappa shape index (κ2) is 4.88. The van der Waals surface area contributed by atoms with E-state index in [0.717, 1.165) is 23.9 Å². The molecule has 1 unspecified atom stereocenters. The summed E-state index contributed by atoms with van der Waals surface area (Å²) >= 11 is 0. The molecule has 1 aliphatic rings. The second-order valence-corrected chi connectivity index (χ2v) is 5.53. The van der Waals surface area contributed by atoms with Crippen molar-refractivity contribution in [3.05, 3.63) is 59.4 Å². The molecule has 1 aromatic heterocycles. The van der Waals surface area contributed by atoms with Crippen molar-refractivity contribution in [2.24, 2.45) is 0 Å². The van der Waals surface area contributed by atoms with E-state index in [1.165, 1.54) is 29.7 Å². The van der Waals surface area contributed by atoms with Gasteiger partial charge in [-0.25, -0.2) is 9.37 Å². The molecule has 4 heteroatoms. The largest absolute Gasteiger partial charge is 0.349 e. The molecule has 0 spiro atoms. The predicted molar refractivity (Wildman–Crippen MR) is 81.8 cm³/mol. The third-order valence-corrected chi connectivity index (χ3v) is 4.12. The average molecular weight is 281 g/mol. The van der Waals surface area contributed by atoms with Crippen LogP contribution >= 0.6 is 0 Å². The maximum Gasteiger partial charge on any atom is 0.201 e. The number of fused-ring (bicyclic) bond motifs is 2. The highest BCUT2D eigenvalue weighted by atomic mass is 19.1. The number of nitrogens with zero attached hydrogens (tertiary/aromatic N) is 1. The van der Waals surface area contributed by atoms with Crippen LogP contribution in [-0.2, 0) is 6.42 Å². The van der Waals surface area contributed by atoms with Crippen LogP contribution in [0.4, 0.5) is 10.3 Å². The summed E-state index contributed by atoms with van der Waals surface area (Å²) in [6, 6.07) is 13.4. The molecule has 106 valence electrons.